The van der Waals surface area contributed by atoms with Crippen molar-refractivity contribution in [1.29, 1.82) is 0 Å². The predicted octanol–water partition coefficient (Wildman–Crippen LogP) is 2.10. The minimum Gasteiger partial charge on any atom is -0.381 e. The standard InChI is InChI=1S/C20H31FN4O2/c1-3-22-20(24(2)14-17-6-9-27-15-17)23-13-16-4-5-19(18(21)12-16)25-7-10-26-11-8-25/h4-5,12,17H,3,6-11,13-15H2,1-2H3,(H,22,23). The van der Waals surface area contributed by atoms with Crippen LogP contribution in [0.2, 0.25) is 0 Å². The molecule has 0 aromatic heterocycles. The minimum atomic E-state index is -0.189. The van der Waals surface area contributed by atoms with Gasteiger partial charge in [0.2, 0.25) is 0 Å². The number of nitrogens with one attached hydrogen (secondary N) is 1. The Morgan fingerprint density at radius 3 is 2.78 bits per heavy atom. The molecule has 150 valence electrons. The van der Waals surface area contributed by atoms with E-state index in [1.165, 1.54) is 0 Å². The third-order valence-corrected chi connectivity index (χ3v) is 5.03. The van der Waals surface area contributed by atoms with Gasteiger partial charge in [0.1, 0.15) is 5.82 Å². The molecular weight excluding hydrogens is 347 g/mol. The zero-order valence-corrected chi connectivity index (χ0v) is 16.4. The SMILES string of the molecule is CCNC(=NCc1ccc(N2CCOCC2)c(F)c1)N(C)CC1CCOC1. The lowest BCUT2D eigenvalue weighted by atomic mass is 10.1. The molecule has 0 amide bonds. The largest absolute Gasteiger partial charge is 0.381 e. The summed E-state index contributed by atoms with van der Waals surface area (Å²) in [6.45, 7) is 8.64. The number of guanidine groups is 1. The van der Waals surface area contributed by atoms with E-state index in [1.54, 1.807) is 6.07 Å². The van der Waals surface area contributed by atoms with Gasteiger partial charge in [0.25, 0.3) is 0 Å². The molecule has 0 aliphatic carbocycles. The average molecular weight is 378 g/mol. The first-order valence-corrected chi connectivity index (χ1v) is 9.85. The van der Waals surface area contributed by atoms with Gasteiger partial charge in [-0.3, -0.25) is 0 Å². The van der Waals surface area contributed by atoms with Crippen LogP contribution in [0.5, 0.6) is 0 Å². The van der Waals surface area contributed by atoms with Gasteiger partial charge in [-0.05, 0) is 31.0 Å². The van der Waals surface area contributed by atoms with E-state index in [-0.39, 0.29) is 5.82 Å². The van der Waals surface area contributed by atoms with Crippen LogP contribution in [0.4, 0.5) is 10.1 Å². The van der Waals surface area contributed by atoms with Gasteiger partial charge in [-0.2, -0.15) is 0 Å². The molecule has 0 radical (unpaired) electrons. The number of nitrogens with zero attached hydrogens (tertiary/aromatic N) is 3. The summed E-state index contributed by atoms with van der Waals surface area (Å²) in [5.74, 6) is 1.21. The third kappa shape index (κ3) is 5.56. The van der Waals surface area contributed by atoms with Gasteiger partial charge in [-0.25, -0.2) is 9.38 Å². The Labute approximate surface area is 161 Å². The second-order valence-corrected chi connectivity index (χ2v) is 7.17. The second-order valence-electron chi connectivity index (χ2n) is 7.17. The quantitative estimate of drug-likeness (QED) is 0.607. The lowest BCUT2D eigenvalue weighted by Crippen LogP contribution is -2.41. The number of ether oxygens (including phenoxy) is 2. The first-order valence-electron chi connectivity index (χ1n) is 9.85. The molecule has 2 saturated heterocycles. The molecule has 0 saturated carbocycles. The maximum Gasteiger partial charge on any atom is 0.193 e. The van der Waals surface area contributed by atoms with Crippen molar-refractivity contribution in [1.82, 2.24) is 10.2 Å². The van der Waals surface area contributed by atoms with Gasteiger partial charge >= 0.3 is 0 Å². The number of halogens is 1. The van der Waals surface area contributed by atoms with Gasteiger partial charge in [0.05, 0.1) is 32.1 Å². The van der Waals surface area contributed by atoms with E-state index in [9.17, 15) is 4.39 Å². The fraction of sp³-hybridized carbons (Fsp3) is 0.650. The molecule has 1 unspecified atom stereocenters. The van der Waals surface area contributed by atoms with Crippen molar-refractivity contribution in [3.05, 3.63) is 29.6 Å². The fourth-order valence-electron chi connectivity index (χ4n) is 3.55. The number of hydrogen-bond donors (Lipinski definition) is 1. The summed E-state index contributed by atoms with van der Waals surface area (Å²) in [4.78, 5) is 8.87. The molecule has 0 spiro atoms. The number of rotatable bonds is 6. The van der Waals surface area contributed by atoms with Crippen LogP contribution in [0.1, 0.15) is 18.9 Å². The first-order chi connectivity index (χ1) is 13.2. The Hall–Kier alpha value is -1.86. The summed E-state index contributed by atoms with van der Waals surface area (Å²) >= 11 is 0. The van der Waals surface area contributed by atoms with E-state index in [0.717, 1.165) is 57.3 Å². The first kappa shape index (κ1) is 19.9. The molecule has 0 bridgehead atoms. The van der Waals surface area contributed by atoms with Crippen molar-refractivity contribution < 1.29 is 13.9 Å². The molecule has 2 heterocycles. The number of hydrogen-bond acceptors (Lipinski definition) is 4. The molecule has 1 N–H and O–H groups in total. The lowest BCUT2D eigenvalue weighted by Gasteiger charge is -2.29. The van der Waals surface area contributed by atoms with E-state index in [4.69, 9.17) is 14.5 Å². The van der Waals surface area contributed by atoms with Gasteiger partial charge in [-0.1, -0.05) is 6.07 Å². The highest BCUT2D eigenvalue weighted by Gasteiger charge is 2.19. The van der Waals surface area contributed by atoms with Gasteiger partial charge in [0.15, 0.2) is 5.96 Å². The predicted molar refractivity (Wildman–Crippen MR) is 106 cm³/mol. The normalized spacial score (nSPS) is 20.8. The molecule has 2 aliphatic rings. The Balaban J connectivity index is 1.63. The minimum absolute atomic E-state index is 0.189. The van der Waals surface area contributed by atoms with E-state index < -0.39 is 0 Å². The average Bonchev–Trinajstić information content (AvgIpc) is 3.19. The van der Waals surface area contributed by atoms with E-state index >= 15 is 0 Å². The monoisotopic (exact) mass is 378 g/mol. The number of anilines is 1. The highest BCUT2D eigenvalue weighted by molar-refractivity contribution is 5.79. The Bertz CT molecular complexity index is 628. The van der Waals surface area contributed by atoms with E-state index in [2.05, 4.69) is 17.1 Å². The maximum atomic E-state index is 14.6. The summed E-state index contributed by atoms with van der Waals surface area (Å²) in [6, 6.07) is 5.42. The number of aliphatic imine (C=N–C) groups is 1. The van der Waals surface area contributed by atoms with Crippen molar-refractivity contribution in [2.45, 2.75) is 19.9 Å². The fourth-order valence-corrected chi connectivity index (χ4v) is 3.55. The highest BCUT2D eigenvalue weighted by atomic mass is 19.1. The molecule has 2 aliphatic heterocycles. The molecule has 2 fully saturated rings. The summed E-state index contributed by atoms with van der Waals surface area (Å²) in [6.07, 6.45) is 1.10. The van der Waals surface area contributed by atoms with Crippen molar-refractivity contribution in [3.8, 4) is 0 Å². The van der Waals surface area contributed by atoms with Crippen LogP contribution in [0.15, 0.2) is 23.2 Å². The van der Waals surface area contributed by atoms with E-state index in [0.29, 0.717) is 31.4 Å². The smallest absolute Gasteiger partial charge is 0.193 e. The zero-order chi connectivity index (χ0) is 19.1. The molecule has 27 heavy (non-hydrogen) atoms. The topological polar surface area (TPSA) is 49.3 Å². The molecule has 1 atom stereocenters. The second kappa shape index (κ2) is 9.90. The summed E-state index contributed by atoms with van der Waals surface area (Å²) in [5.41, 5.74) is 1.52. The van der Waals surface area contributed by atoms with Crippen molar-refractivity contribution in [3.63, 3.8) is 0 Å². The van der Waals surface area contributed by atoms with Crippen LogP contribution in [-0.4, -0.2) is 70.5 Å². The van der Waals surface area contributed by atoms with Crippen LogP contribution in [0.3, 0.4) is 0 Å². The number of benzene rings is 1. The van der Waals surface area contributed by atoms with Crippen LogP contribution in [-0.2, 0) is 16.0 Å². The van der Waals surface area contributed by atoms with Crippen molar-refractivity contribution in [2.75, 3.05) is 64.6 Å². The number of morpholine rings is 1. The van der Waals surface area contributed by atoms with Crippen LogP contribution in [0, 0.1) is 11.7 Å². The van der Waals surface area contributed by atoms with Gasteiger partial charge < -0.3 is 24.6 Å². The Kier molecular flexibility index (Phi) is 7.29. The summed E-state index contributed by atoms with van der Waals surface area (Å²) < 4.78 is 25.4. The van der Waals surface area contributed by atoms with Crippen LogP contribution >= 0.6 is 0 Å². The zero-order valence-electron chi connectivity index (χ0n) is 16.4. The lowest BCUT2D eigenvalue weighted by molar-refractivity contribution is 0.122. The molecule has 3 rings (SSSR count). The molecule has 7 heteroatoms. The maximum absolute atomic E-state index is 14.6. The molecular formula is C20H31FN4O2. The highest BCUT2D eigenvalue weighted by Crippen LogP contribution is 2.22. The molecule has 1 aromatic rings. The van der Waals surface area contributed by atoms with Gasteiger partial charge in [-0.15, -0.1) is 0 Å². The Morgan fingerprint density at radius 1 is 1.30 bits per heavy atom. The third-order valence-electron chi connectivity index (χ3n) is 5.03. The van der Waals surface area contributed by atoms with Crippen LogP contribution in [0.25, 0.3) is 0 Å². The summed E-state index contributed by atoms with van der Waals surface area (Å²) in [7, 11) is 2.04. The summed E-state index contributed by atoms with van der Waals surface area (Å²) in [5, 5.41) is 3.32. The molecule has 6 nitrogen and oxygen atoms in total. The van der Waals surface area contributed by atoms with E-state index in [1.807, 2.05) is 24.1 Å². The van der Waals surface area contributed by atoms with Gasteiger partial charge in [0, 0.05) is 45.8 Å². The van der Waals surface area contributed by atoms with Crippen molar-refractivity contribution >= 4 is 11.6 Å². The van der Waals surface area contributed by atoms with Crippen molar-refractivity contribution in [2.24, 2.45) is 10.9 Å². The Morgan fingerprint density at radius 2 is 2.11 bits per heavy atom. The molecule has 1 aromatic carbocycles. The van der Waals surface area contributed by atoms with Crippen LogP contribution < -0.4 is 10.2 Å².